The van der Waals surface area contributed by atoms with Crippen LogP contribution in [0.2, 0.25) is 0 Å². The van der Waals surface area contributed by atoms with Crippen molar-refractivity contribution in [2.24, 2.45) is 0 Å². The number of aromatic nitrogens is 1. The van der Waals surface area contributed by atoms with Gasteiger partial charge in [-0.15, -0.1) is 0 Å². The van der Waals surface area contributed by atoms with E-state index in [1.54, 1.807) is 30.9 Å². The number of anilines is 1. The van der Waals surface area contributed by atoms with Gasteiger partial charge < -0.3 is 29.6 Å². The highest BCUT2D eigenvalue weighted by molar-refractivity contribution is 5.99. The molecule has 1 aromatic heterocycles. The minimum atomic E-state index is -4.49. The zero-order chi connectivity index (χ0) is 28.3. The predicted molar refractivity (Wildman–Crippen MR) is 142 cm³/mol. The van der Waals surface area contributed by atoms with Gasteiger partial charge in [0.05, 0.1) is 35.0 Å². The van der Waals surface area contributed by atoms with Gasteiger partial charge in [-0.1, -0.05) is 12.1 Å². The van der Waals surface area contributed by atoms with E-state index in [-0.39, 0.29) is 34.9 Å². The van der Waals surface area contributed by atoms with Gasteiger partial charge in [0.15, 0.2) is 0 Å². The quantitative estimate of drug-likeness (QED) is 0.539. The van der Waals surface area contributed by atoms with Crippen LogP contribution in [-0.2, 0) is 15.7 Å². The van der Waals surface area contributed by atoms with Crippen molar-refractivity contribution in [3.05, 3.63) is 63.1 Å². The van der Waals surface area contributed by atoms with Crippen LogP contribution >= 0.6 is 0 Å². The Morgan fingerprint density at radius 2 is 1.92 bits per heavy atom. The number of halogens is 3. The summed E-state index contributed by atoms with van der Waals surface area (Å²) in [7, 11) is 3.64. The van der Waals surface area contributed by atoms with Crippen molar-refractivity contribution >= 4 is 11.6 Å². The molecule has 0 aliphatic carbocycles. The number of benzene rings is 1. The average molecular weight is 551 g/mol. The summed E-state index contributed by atoms with van der Waals surface area (Å²) in [5, 5.41) is 6.24. The summed E-state index contributed by atoms with van der Waals surface area (Å²) in [4.78, 5) is 29.0. The number of methoxy groups -OCH3 is 1. The van der Waals surface area contributed by atoms with Crippen LogP contribution in [0.5, 0.6) is 0 Å². The Morgan fingerprint density at radius 3 is 2.59 bits per heavy atom. The fourth-order valence-corrected chi connectivity index (χ4v) is 5.55. The number of amides is 1. The fourth-order valence-electron chi connectivity index (χ4n) is 5.55. The number of alkyl halides is 3. The number of hydrogen-bond donors (Lipinski definition) is 2. The first-order chi connectivity index (χ1) is 18.5. The largest absolute Gasteiger partial charge is 0.416 e. The van der Waals surface area contributed by atoms with Crippen molar-refractivity contribution in [3.8, 4) is 0 Å². The van der Waals surface area contributed by atoms with Crippen molar-refractivity contribution in [2.45, 2.75) is 63.5 Å². The number of ether oxygens (including phenoxy) is 2. The molecular formula is C28H37F3N4O4. The summed E-state index contributed by atoms with van der Waals surface area (Å²) in [5.41, 5.74) is 0.114. The predicted octanol–water partition coefficient (Wildman–Crippen LogP) is 4.15. The zero-order valence-corrected chi connectivity index (χ0v) is 22.8. The number of likely N-dealkylation sites (tertiary alicyclic amines) is 1. The molecule has 2 aromatic rings. The molecule has 2 aliphatic heterocycles. The van der Waals surface area contributed by atoms with Crippen molar-refractivity contribution < 1.29 is 27.4 Å². The minimum Gasteiger partial charge on any atom is -0.381 e. The standard InChI is InChI=1S/C28H37F3N4O4/c1-17-20(6-5-7-22(17)28(29,30)31)18(2)32-27(37)21-15-35(19-9-12-39-13-10-19)26(36)14-24(21)33-23-8-11-34(3)16-25(23)38-4/h5-7,14-15,18-19,23,25,33H,8-13,16H2,1-4H3,(H,32,37)/t18?,23-,25-/m0/s1. The summed E-state index contributed by atoms with van der Waals surface area (Å²) in [6.45, 7) is 5.62. The highest BCUT2D eigenvalue weighted by Crippen LogP contribution is 2.34. The van der Waals surface area contributed by atoms with Crippen LogP contribution in [0.25, 0.3) is 0 Å². The van der Waals surface area contributed by atoms with E-state index in [0.29, 0.717) is 43.9 Å². The minimum absolute atomic E-state index is 0.0672. The molecule has 0 spiro atoms. The second-order valence-corrected chi connectivity index (χ2v) is 10.5. The Bertz CT molecular complexity index is 1230. The number of hydrogen-bond acceptors (Lipinski definition) is 6. The van der Waals surface area contributed by atoms with Gasteiger partial charge in [-0.05, 0) is 63.9 Å². The normalized spacial score (nSPS) is 21.9. The highest BCUT2D eigenvalue weighted by Gasteiger charge is 2.34. The molecule has 39 heavy (non-hydrogen) atoms. The molecule has 3 atom stereocenters. The third-order valence-electron chi connectivity index (χ3n) is 7.81. The lowest BCUT2D eigenvalue weighted by Crippen LogP contribution is -2.49. The number of piperidine rings is 1. The molecule has 0 radical (unpaired) electrons. The Labute approximate surface area is 226 Å². The van der Waals surface area contributed by atoms with Crippen molar-refractivity contribution in [3.63, 3.8) is 0 Å². The first kappa shape index (κ1) is 29.1. The number of nitrogens with zero attached hydrogens (tertiary/aromatic N) is 2. The molecule has 2 N–H and O–H groups in total. The Kier molecular flexibility index (Phi) is 9.03. The van der Waals surface area contributed by atoms with E-state index in [0.717, 1.165) is 19.0 Å². The molecular weight excluding hydrogens is 513 g/mol. The monoisotopic (exact) mass is 550 g/mol. The molecule has 1 amide bonds. The summed E-state index contributed by atoms with van der Waals surface area (Å²) < 4.78 is 53.2. The maximum Gasteiger partial charge on any atom is 0.416 e. The van der Waals surface area contributed by atoms with Crippen molar-refractivity contribution in [1.29, 1.82) is 0 Å². The lowest BCUT2D eigenvalue weighted by atomic mass is 9.97. The van der Waals surface area contributed by atoms with E-state index in [4.69, 9.17) is 9.47 Å². The smallest absolute Gasteiger partial charge is 0.381 e. The van der Waals surface area contributed by atoms with E-state index in [2.05, 4.69) is 15.5 Å². The van der Waals surface area contributed by atoms with Crippen LogP contribution in [0.15, 0.2) is 35.3 Å². The molecule has 1 aromatic carbocycles. The summed E-state index contributed by atoms with van der Waals surface area (Å²) in [6.07, 6.45) is -1.03. The molecule has 4 rings (SSSR count). The van der Waals surface area contributed by atoms with Crippen LogP contribution in [0.3, 0.4) is 0 Å². The lowest BCUT2D eigenvalue weighted by molar-refractivity contribution is -0.138. The molecule has 0 saturated carbocycles. The molecule has 2 fully saturated rings. The molecule has 11 heteroatoms. The summed E-state index contributed by atoms with van der Waals surface area (Å²) in [5.74, 6) is -0.482. The van der Waals surface area contributed by atoms with Gasteiger partial charge in [0, 0.05) is 45.2 Å². The molecule has 0 bridgehead atoms. The van der Waals surface area contributed by atoms with Gasteiger partial charge in [-0.3, -0.25) is 9.59 Å². The first-order valence-corrected chi connectivity index (χ1v) is 13.3. The number of carbonyl (C=O) groups excluding carboxylic acids is 1. The second-order valence-electron chi connectivity index (χ2n) is 10.5. The third kappa shape index (κ3) is 6.64. The summed E-state index contributed by atoms with van der Waals surface area (Å²) in [6, 6.07) is 4.47. The van der Waals surface area contributed by atoms with Crippen LogP contribution < -0.4 is 16.2 Å². The van der Waals surface area contributed by atoms with Crippen molar-refractivity contribution in [2.75, 3.05) is 45.8 Å². The fraction of sp³-hybridized carbons (Fsp3) is 0.571. The lowest BCUT2D eigenvalue weighted by Gasteiger charge is -2.37. The van der Waals surface area contributed by atoms with Gasteiger partial charge in [0.25, 0.3) is 11.5 Å². The Hall–Kier alpha value is -2.89. The summed E-state index contributed by atoms with van der Waals surface area (Å²) >= 11 is 0. The number of nitrogens with one attached hydrogen (secondary N) is 2. The van der Waals surface area contributed by atoms with Crippen molar-refractivity contribution in [1.82, 2.24) is 14.8 Å². The molecule has 2 aliphatic rings. The maximum absolute atomic E-state index is 13.7. The van der Waals surface area contributed by atoms with Gasteiger partial charge >= 0.3 is 6.18 Å². The van der Waals surface area contributed by atoms with Crippen LogP contribution in [0.1, 0.15) is 65.3 Å². The van der Waals surface area contributed by atoms with E-state index < -0.39 is 23.7 Å². The Balaban J connectivity index is 1.67. The molecule has 214 valence electrons. The topological polar surface area (TPSA) is 84.8 Å². The molecule has 8 nitrogen and oxygen atoms in total. The van der Waals surface area contributed by atoms with Gasteiger partial charge in [0.2, 0.25) is 0 Å². The van der Waals surface area contributed by atoms with Gasteiger partial charge in [0.1, 0.15) is 0 Å². The first-order valence-electron chi connectivity index (χ1n) is 13.3. The number of likely N-dealkylation sites (N-methyl/N-ethyl adjacent to an activating group) is 1. The number of carbonyl (C=O) groups is 1. The third-order valence-corrected chi connectivity index (χ3v) is 7.81. The van der Waals surface area contributed by atoms with E-state index in [1.807, 2.05) is 7.05 Å². The number of rotatable bonds is 7. The molecule has 2 saturated heterocycles. The van der Waals surface area contributed by atoms with Gasteiger partial charge in [-0.25, -0.2) is 0 Å². The van der Waals surface area contributed by atoms with Gasteiger partial charge in [-0.2, -0.15) is 13.2 Å². The average Bonchev–Trinajstić information content (AvgIpc) is 2.89. The van der Waals surface area contributed by atoms with E-state index in [1.165, 1.54) is 19.1 Å². The maximum atomic E-state index is 13.7. The van der Waals surface area contributed by atoms with E-state index >= 15 is 0 Å². The van der Waals surface area contributed by atoms with Crippen LogP contribution in [0.4, 0.5) is 18.9 Å². The zero-order valence-electron chi connectivity index (χ0n) is 22.8. The van der Waals surface area contributed by atoms with Crippen LogP contribution in [-0.4, -0.2) is 68.0 Å². The highest BCUT2D eigenvalue weighted by atomic mass is 19.4. The second kappa shape index (κ2) is 12.1. The number of pyridine rings is 1. The molecule has 3 heterocycles. The SMILES string of the molecule is CO[C@H]1CN(C)CC[C@@H]1Nc1cc(=O)n(C2CCOCC2)cc1C(=O)NC(C)c1cccc(C(F)(F)F)c1C. The van der Waals surface area contributed by atoms with Crippen LogP contribution in [0, 0.1) is 6.92 Å². The molecule has 1 unspecified atom stereocenters. The Morgan fingerprint density at radius 1 is 1.21 bits per heavy atom. The van der Waals surface area contributed by atoms with E-state index in [9.17, 15) is 22.8 Å².